The summed E-state index contributed by atoms with van der Waals surface area (Å²) >= 11 is 0.759. The number of nitrogen functional groups attached to an aromatic ring is 1. The minimum absolute atomic E-state index is 0.00386. The van der Waals surface area contributed by atoms with Crippen molar-refractivity contribution in [2.45, 2.75) is 37.8 Å². The number of fused-ring (bicyclic) bond motifs is 1. The number of methoxy groups -OCH3 is 1. The number of hydrogen-bond donors (Lipinski definition) is 3. The second-order valence-corrected chi connectivity index (χ2v) is 10.1. The van der Waals surface area contributed by atoms with Gasteiger partial charge in [0.1, 0.15) is 16.7 Å². The Morgan fingerprint density at radius 3 is 2.59 bits per heavy atom. The zero-order chi connectivity index (χ0) is 27.5. The Labute approximate surface area is 229 Å². The van der Waals surface area contributed by atoms with Gasteiger partial charge in [-0.05, 0) is 60.3 Å². The molecule has 2 aromatic carbocycles. The largest absolute Gasteiger partial charge is 0.495 e. The van der Waals surface area contributed by atoms with E-state index >= 15 is 0 Å². The average Bonchev–Trinajstić information content (AvgIpc) is 3.60. The van der Waals surface area contributed by atoms with Crippen LogP contribution in [0.3, 0.4) is 0 Å². The first-order valence-corrected chi connectivity index (χ1v) is 13.3. The molecule has 1 aliphatic carbocycles. The van der Waals surface area contributed by atoms with Crippen LogP contribution in [0.5, 0.6) is 5.75 Å². The summed E-state index contributed by atoms with van der Waals surface area (Å²) in [6, 6.07) is 15.0. The zero-order valence-electron chi connectivity index (χ0n) is 21.3. The molecule has 2 heterocycles. The van der Waals surface area contributed by atoms with E-state index < -0.39 is 17.9 Å². The summed E-state index contributed by atoms with van der Waals surface area (Å²) in [5.74, 6) is -1.42. The Morgan fingerprint density at radius 2 is 1.87 bits per heavy atom. The lowest BCUT2D eigenvalue weighted by Crippen LogP contribution is -2.46. The molecule has 39 heavy (non-hydrogen) atoms. The van der Waals surface area contributed by atoms with Crippen molar-refractivity contribution in [2.24, 2.45) is 5.73 Å². The molecule has 0 radical (unpaired) electrons. The third-order valence-electron chi connectivity index (χ3n) is 6.87. The second kappa shape index (κ2) is 11.1. The van der Waals surface area contributed by atoms with E-state index in [1.54, 1.807) is 36.5 Å². The van der Waals surface area contributed by atoms with Crippen LogP contribution in [0.1, 0.15) is 57.4 Å². The number of nitrogens with two attached hydrogens (primary N) is 2. The maximum absolute atomic E-state index is 14.3. The SMILES string of the molecule is COc1ccccc1N(C(=O)c1snc(C(N)=O)c1N)[C@@H](C(=O)NC1CCCC1)c1ccc2ncccc2c1. The molecule has 0 bridgehead atoms. The molecule has 0 spiro atoms. The molecule has 200 valence electrons. The monoisotopic (exact) mass is 544 g/mol. The Hall–Kier alpha value is -4.51. The smallest absolute Gasteiger partial charge is 0.273 e. The minimum Gasteiger partial charge on any atom is -0.495 e. The number of primary amides is 1. The van der Waals surface area contributed by atoms with E-state index in [1.807, 2.05) is 24.3 Å². The van der Waals surface area contributed by atoms with Gasteiger partial charge in [0.05, 0.1) is 24.0 Å². The average molecular weight is 545 g/mol. The quantitative estimate of drug-likeness (QED) is 0.305. The number of pyridine rings is 1. The fourth-order valence-electron chi connectivity index (χ4n) is 4.97. The molecule has 3 amide bonds. The van der Waals surface area contributed by atoms with Gasteiger partial charge >= 0.3 is 0 Å². The van der Waals surface area contributed by atoms with Crippen LogP contribution in [0, 0.1) is 0 Å². The van der Waals surface area contributed by atoms with Crippen molar-refractivity contribution in [1.82, 2.24) is 14.7 Å². The third-order valence-corrected chi connectivity index (χ3v) is 7.72. The fraction of sp³-hybridized carbons (Fsp3) is 0.250. The van der Waals surface area contributed by atoms with Crippen molar-refractivity contribution in [3.05, 3.63) is 76.9 Å². The van der Waals surface area contributed by atoms with Crippen LogP contribution in [0.15, 0.2) is 60.8 Å². The lowest BCUT2D eigenvalue weighted by molar-refractivity contribution is -0.123. The number of benzene rings is 2. The van der Waals surface area contributed by atoms with E-state index in [2.05, 4.69) is 14.7 Å². The molecule has 0 saturated heterocycles. The van der Waals surface area contributed by atoms with Crippen molar-refractivity contribution in [2.75, 3.05) is 17.7 Å². The van der Waals surface area contributed by atoms with E-state index in [0.717, 1.165) is 48.1 Å². The molecule has 2 aromatic heterocycles. The van der Waals surface area contributed by atoms with Crippen molar-refractivity contribution < 1.29 is 19.1 Å². The van der Waals surface area contributed by atoms with Crippen LogP contribution in [-0.4, -0.2) is 40.2 Å². The van der Waals surface area contributed by atoms with Crippen LogP contribution in [-0.2, 0) is 4.79 Å². The summed E-state index contributed by atoms with van der Waals surface area (Å²) < 4.78 is 9.61. The lowest BCUT2D eigenvalue weighted by Gasteiger charge is -2.33. The number of aromatic nitrogens is 2. The molecule has 1 atom stereocenters. The molecular formula is C28H28N6O4S. The first-order valence-electron chi connectivity index (χ1n) is 12.6. The normalized spacial score (nSPS) is 14.2. The molecule has 1 fully saturated rings. The lowest BCUT2D eigenvalue weighted by atomic mass is 9.99. The molecule has 0 aliphatic heterocycles. The number of para-hydroxylation sites is 2. The topological polar surface area (TPSA) is 154 Å². The van der Waals surface area contributed by atoms with Crippen molar-refractivity contribution in [1.29, 1.82) is 0 Å². The highest BCUT2D eigenvalue weighted by Crippen LogP contribution is 2.38. The standard InChI is InChI=1S/C28H28N6O4S/c1-38-21-11-5-4-10-20(21)34(28(37)25-22(29)23(26(30)35)33-39-25)24(27(36)32-18-8-2-3-9-18)17-12-13-19-16(15-17)7-6-14-31-19/h4-7,10-15,18,24H,2-3,8-9,29H2,1H3,(H2,30,35)(H,32,36)/t24-/m1/s1. The molecule has 1 saturated carbocycles. The van der Waals surface area contributed by atoms with Crippen molar-refractivity contribution in [3.63, 3.8) is 0 Å². The summed E-state index contributed by atoms with van der Waals surface area (Å²) in [4.78, 5) is 46.0. The van der Waals surface area contributed by atoms with Crippen LogP contribution < -0.4 is 26.4 Å². The number of amides is 3. The number of hydrogen-bond acceptors (Lipinski definition) is 8. The van der Waals surface area contributed by atoms with Crippen molar-refractivity contribution in [3.8, 4) is 5.75 Å². The zero-order valence-corrected chi connectivity index (χ0v) is 22.1. The highest BCUT2D eigenvalue weighted by Gasteiger charge is 2.38. The van der Waals surface area contributed by atoms with Gasteiger partial charge in [-0.3, -0.25) is 24.3 Å². The van der Waals surface area contributed by atoms with Crippen LogP contribution >= 0.6 is 11.5 Å². The first kappa shape index (κ1) is 26.1. The van der Waals surface area contributed by atoms with Crippen molar-refractivity contribution >= 4 is 51.5 Å². The van der Waals surface area contributed by atoms with Gasteiger partial charge < -0.3 is 21.5 Å². The summed E-state index contributed by atoms with van der Waals surface area (Å²) in [7, 11) is 1.49. The Morgan fingerprint density at radius 1 is 1.10 bits per heavy atom. The molecule has 0 unspecified atom stereocenters. The van der Waals surface area contributed by atoms with E-state index in [4.69, 9.17) is 16.2 Å². The molecule has 4 aromatic rings. The molecule has 5 N–H and O–H groups in total. The number of nitrogens with zero attached hydrogens (tertiary/aromatic N) is 3. The number of carbonyl (C=O) groups is 3. The van der Waals surface area contributed by atoms with Gasteiger partial charge in [-0.15, -0.1) is 0 Å². The first-order chi connectivity index (χ1) is 18.9. The number of rotatable bonds is 8. The fourth-order valence-corrected chi connectivity index (χ4v) is 5.71. The third kappa shape index (κ3) is 5.13. The van der Waals surface area contributed by atoms with E-state index in [-0.39, 0.29) is 28.2 Å². The van der Waals surface area contributed by atoms with Gasteiger partial charge in [-0.1, -0.05) is 37.1 Å². The Kier molecular flexibility index (Phi) is 7.42. The predicted molar refractivity (Wildman–Crippen MR) is 150 cm³/mol. The number of anilines is 2. The summed E-state index contributed by atoms with van der Waals surface area (Å²) in [6.45, 7) is 0. The maximum Gasteiger partial charge on any atom is 0.273 e. The summed E-state index contributed by atoms with van der Waals surface area (Å²) in [5.41, 5.74) is 13.0. The van der Waals surface area contributed by atoms with E-state index in [1.165, 1.54) is 12.0 Å². The highest BCUT2D eigenvalue weighted by molar-refractivity contribution is 7.09. The minimum atomic E-state index is -1.10. The Balaban J connectivity index is 1.70. The molecule has 11 heteroatoms. The van der Waals surface area contributed by atoms with Gasteiger partial charge in [0.2, 0.25) is 5.91 Å². The molecule has 10 nitrogen and oxygen atoms in total. The van der Waals surface area contributed by atoms with Gasteiger partial charge in [0, 0.05) is 17.6 Å². The van der Waals surface area contributed by atoms with Gasteiger partial charge in [-0.2, -0.15) is 4.37 Å². The van der Waals surface area contributed by atoms with Gasteiger partial charge in [0.25, 0.3) is 11.8 Å². The van der Waals surface area contributed by atoms with Gasteiger partial charge in [0.15, 0.2) is 5.69 Å². The molecule has 1 aliphatic rings. The van der Waals surface area contributed by atoms with Crippen LogP contribution in [0.25, 0.3) is 10.9 Å². The number of nitrogens with one attached hydrogen (secondary N) is 1. The van der Waals surface area contributed by atoms with Gasteiger partial charge in [-0.25, -0.2) is 0 Å². The predicted octanol–water partition coefficient (Wildman–Crippen LogP) is 3.83. The Bertz CT molecular complexity index is 1550. The number of carbonyl (C=O) groups excluding carboxylic acids is 3. The maximum atomic E-state index is 14.3. The molecular weight excluding hydrogens is 516 g/mol. The van der Waals surface area contributed by atoms with Crippen LogP contribution in [0.2, 0.25) is 0 Å². The molecule has 5 rings (SSSR count). The summed E-state index contributed by atoms with van der Waals surface area (Å²) in [5, 5.41) is 3.97. The number of ether oxygens (including phenoxy) is 1. The summed E-state index contributed by atoms with van der Waals surface area (Å²) in [6.07, 6.45) is 5.48. The van der Waals surface area contributed by atoms with E-state index in [9.17, 15) is 14.4 Å². The van der Waals surface area contributed by atoms with Crippen LogP contribution in [0.4, 0.5) is 11.4 Å². The van der Waals surface area contributed by atoms with E-state index in [0.29, 0.717) is 17.0 Å². The highest BCUT2D eigenvalue weighted by atomic mass is 32.1. The second-order valence-electron chi connectivity index (χ2n) is 9.33.